The number of carbonyl (C=O) groups excluding carboxylic acids is 2. The quantitative estimate of drug-likeness (QED) is 0.566. The number of esters is 1. The van der Waals surface area contributed by atoms with E-state index in [4.69, 9.17) is 14.2 Å². The van der Waals surface area contributed by atoms with Crippen molar-refractivity contribution in [3.8, 4) is 11.5 Å². The molecule has 0 fully saturated rings. The number of methoxy groups -OCH3 is 2. The van der Waals surface area contributed by atoms with Gasteiger partial charge in [-0.2, -0.15) is 0 Å². The van der Waals surface area contributed by atoms with Crippen LogP contribution in [0, 0.1) is 5.92 Å². The van der Waals surface area contributed by atoms with Gasteiger partial charge in [-0.1, -0.05) is 6.92 Å². The molecular weight excluding hydrogens is 352 g/mol. The largest absolute Gasteiger partial charge is 0.497 e. The molecule has 5 nitrogen and oxygen atoms in total. The summed E-state index contributed by atoms with van der Waals surface area (Å²) >= 11 is 1.48. The standard InChI is InChI=1S/C20H22O5S/c1-12-4-7-18-13(8-12)9-19(26-18)20(22)25-11-16(21)15-10-14(23-2)5-6-17(15)24-3/h5-6,9-10,12H,4,7-8,11H2,1-3H3/t12-/m0/s1. The molecule has 1 aromatic heterocycles. The average Bonchev–Trinajstić information content (AvgIpc) is 3.08. The molecule has 1 aliphatic carbocycles. The van der Waals surface area contributed by atoms with Gasteiger partial charge in [0.2, 0.25) is 5.78 Å². The topological polar surface area (TPSA) is 61.8 Å². The summed E-state index contributed by atoms with van der Waals surface area (Å²) in [5.41, 5.74) is 1.57. The van der Waals surface area contributed by atoms with Crippen LogP contribution in [0.1, 0.15) is 43.8 Å². The van der Waals surface area contributed by atoms with Crippen LogP contribution < -0.4 is 9.47 Å². The molecule has 26 heavy (non-hydrogen) atoms. The molecule has 0 saturated carbocycles. The van der Waals surface area contributed by atoms with E-state index in [9.17, 15) is 9.59 Å². The van der Waals surface area contributed by atoms with Crippen molar-refractivity contribution in [3.63, 3.8) is 0 Å². The van der Waals surface area contributed by atoms with Gasteiger partial charge in [0.25, 0.3) is 0 Å². The first-order valence-electron chi connectivity index (χ1n) is 8.55. The molecule has 0 radical (unpaired) electrons. The van der Waals surface area contributed by atoms with Crippen molar-refractivity contribution in [2.45, 2.75) is 26.2 Å². The number of ether oxygens (including phenoxy) is 3. The van der Waals surface area contributed by atoms with E-state index in [2.05, 4.69) is 6.92 Å². The summed E-state index contributed by atoms with van der Waals surface area (Å²) in [6.45, 7) is 1.89. The van der Waals surface area contributed by atoms with Crippen molar-refractivity contribution in [1.29, 1.82) is 0 Å². The van der Waals surface area contributed by atoms with Crippen molar-refractivity contribution in [2.75, 3.05) is 20.8 Å². The van der Waals surface area contributed by atoms with E-state index in [-0.39, 0.29) is 12.4 Å². The summed E-state index contributed by atoms with van der Waals surface area (Å²) in [7, 11) is 3.01. The van der Waals surface area contributed by atoms with Crippen molar-refractivity contribution in [1.82, 2.24) is 0 Å². The number of ketones is 1. The SMILES string of the molecule is COc1ccc(OC)c(C(=O)COC(=O)c2cc3c(s2)CC[C@H](C)C3)c1. The zero-order chi connectivity index (χ0) is 18.7. The predicted octanol–water partition coefficient (Wildman–Crippen LogP) is 3.93. The normalized spacial score (nSPS) is 15.9. The average molecular weight is 374 g/mol. The van der Waals surface area contributed by atoms with E-state index < -0.39 is 5.97 Å². The zero-order valence-electron chi connectivity index (χ0n) is 15.2. The number of benzene rings is 1. The number of fused-ring (bicyclic) bond motifs is 1. The Balaban J connectivity index is 1.67. The van der Waals surface area contributed by atoms with E-state index in [0.717, 1.165) is 19.3 Å². The zero-order valence-corrected chi connectivity index (χ0v) is 16.0. The summed E-state index contributed by atoms with van der Waals surface area (Å²) < 4.78 is 15.6. The number of hydrogen-bond acceptors (Lipinski definition) is 6. The van der Waals surface area contributed by atoms with Crippen LogP contribution in [-0.4, -0.2) is 32.6 Å². The highest BCUT2D eigenvalue weighted by Gasteiger charge is 2.22. The molecule has 1 aliphatic rings. The van der Waals surface area contributed by atoms with Gasteiger partial charge in [0.1, 0.15) is 16.4 Å². The lowest BCUT2D eigenvalue weighted by atomic mass is 9.90. The minimum atomic E-state index is -0.452. The Morgan fingerprint density at radius 2 is 2.00 bits per heavy atom. The molecule has 0 aliphatic heterocycles. The fraction of sp³-hybridized carbons (Fsp3) is 0.400. The maximum atomic E-state index is 12.5. The molecule has 3 rings (SSSR count). The highest BCUT2D eigenvalue weighted by atomic mass is 32.1. The summed E-state index contributed by atoms with van der Waals surface area (Å²) in [5.74, 6) is 0.826. The minimum absolute atomic E-state index is 0.330. The van der Waals surface area contributed by atoms with Gasteiger partial charge in [0, 0.05) is 4.88 Å². The Hall–Kier alpha value is -2.34. The molecule has 0 amide bonds. The molecule has 6 heteroatoms. The highest BCUT2D eigenvalue weighted by Crippen LogP contribution is 2.32. The molecule has 2 aromatic rings. The van der Waals surface area contributed by atoms with Crippen molar-refractivity contribution < 1.29 is 23.8 Å². The van der Waals surface area contributed by atoms with Crippen molar-refractivity contribution in [2.24, 2.45) is 5.92 Å². The Morgan fingerprint density at radius 3 is 2.73 bits per heavy atom. The lowest BCUT2D eigenvalue weighted by Gasteiger charge is -2.16. The van der Waals surface area contributed by atoms with Crippen LogP contribution in [0.3, 0.4) is 0 Å². The second-order valence-electron chi connectivity index (χ2n) is 6.47. The lowest BCUT2D eigenvalue weighted by Crippen LogP contribution is -2.14. The molecule has 138 valence electrons. The summed E-state index contributed by atoms with van der Waals surface area (Å²) in [6, 6.07) is 6.86. The van der Waals surface area contributed by atoms with Gasteiger partial charge in [-0.25, -0.2) is 4.79 Å². The summed E-state index contributed by atoms with van der Waals surface area (Å²) in [6.07, 6.45) is 3.16. The van der Waals surface area contributed by atoms with E-state index in [1.54, 1.807) is 18.2 Å². The van der Waals surface area contributed by atoms with E-state index >= 15 is 0 Å². The second kappa shape index (κ2) is 7.91. The van der Waals surface area contributed by atoms with Crippen LogP contribution in [0.5, 0.6) is 11.5 Å². The van der Waals surface area contributed by atoms with Gasteiger partial charge in [-0.05, 0) is 55.0 Å². The fourth-order valence-electron chi connectivity index (χ4n) is 3.12. The number of hydrogen-bond donors (Lipinski definition) is 0. The molecule has 0 saturated heterocycles. The van der Waals surface area contributed by atoms with E-state index in [1.807, 2.05) is 6.07 Å². The van der Waals surface area contributed by atoms with Gasteiger partial charge < -0.3 is 14.2 Å². The van der Waals surface area contributed by atoms with Crippen LogP contribution in [0.25, 0.3) is 0 Å². The number of aryl methyl sites for hydroxylation is 1. The second-order valence-corrected chi connectivity index (χ2v) is 7.61. The molecule has 1 heterocycles. The monoisotopic (exact) mass is 374 g/mol. The Bertz CT molecular complexity index is 824. The lowest BCUT2D eigenvalue weighted by molar-refractivity contribution is 0.0478. The highest BCUT2D eigenvalue weighted by molar-refractivity contribution is 7.14. The van der Waals surface area contributed by atoms with Gasteiger partial charge in [-0.15, -0.1) is 11.3 Å². The third-order valence-corrected chi connectivity index (χ3v) is 5.79. The Labute approximate surface area is 156 Å². The molecular formula is C20H22O5S. The van der Waals surface area contributed by atoms with E-state index in [0.29, 0.717) is 27.9 Å². The number of Topliss-reactive ketones (excluding diaryl/α,β-unsaturated/α-hetero) is 1. The number of thiophene rings is 1. The van der Waals surface area contributed by atoms with Gasteiger partial charge in [0.05, 0.1) is 19.8 Å². The molecule has 1 atom stereocenters. The van der Waals surface area contributed by atoms with E-state index in [1.165, 1.54) is 36.0 Å². The molecule has 0 spiro atoms. The Morgan fingerprint density at radius 1 is 1.19 bits per heavy atom. The van der Waals surface area contributed by atoms with Crippen LogP contribution in [-0.2, 0) is 17.6 Å². The number of rotatable bonds is 6. The molecule has 0 bridgehead atoms. The van der Waals surface area contributed by atoms with Gasteiger partial charge in [0.15, 0.2) is 6.61 Å². The Kier molecular flexibility index (Phi) is 5.61. The first kappa shape index (κ1) is 18.5. The van der Waals surface area contributed by atoms with Crippen LogP contribution in [0.15, 0.2) is 24.3 Å². The van der Waals surface area contributed by atoms with Crippen LogP contribution >= 0.6 is 11.3 Å². The molecule has 0 unspecified atom stereocenters. The maximum absolute atomic E-state index is 12.5. The van der Waals surface area contributed by atoms with Gasteiger partial charge >= 0.3 is 5.97 Å². The van der Waals surface area contributed by atoms with Crippen LogP contribution in [0.4, 0.5) is 0 Å². The maximum Gasteiger partial charge on any atom is 0.348 e. The first-order chi connectivity index (χ1) is 12.5. The minimum Gasteiger partial charge on any atom is -0.497 e. The van der Waals surface area contributed by atoms with Crippen molar-refractivity contribution >= 4 is 23.1 Å². The third kappa shape index (κ3) is 3.90. The summed E-state index contributed by atoms with van der Waals surface area (Å²) in [4.78, 5) is 26.6. The molecule has 1 aromatic carbocycles. The predicted molar refractivity (Wildman–Crippen MR) is 99.7 cm³/mol. The smallest absolute Gasteiger partial charge is 0.348 e. The molecule has 0 N–H and O–H groups in total. The fourth-order valence-corrected chi connectivity index (χ4v) is 4.22. The summed E-state index contributed by atoms with van der Waals surface area (Å²) in [5, 5.41) is 0. The number of carbonyl (C=O) groups is 2. The van der Waals surface area contributed by atoms with Crippen LogP contribution in [0.2, 0.25) is 0 Å². The third-order valence-electron chi connectivity index (χ3n) is 4.57. The first-order valence-corrected chi connectivity index (χ1v) is 9.37. The van der Waals surface area contributed by atoms with Gasteiger partial charge in [-0.3, -0.25) is 4.79 Å². The van der Waals surface area contributed by atoms with Crippen molar-refractivity contribution in [3.05, 3.63) is 45.1 Å².